The second-order valence-corrected chi connectivity index (χ2v) is 25.1. The van der Waals surface area contributed by atoms with Crippen LogP contribution in [0.15, 0.2) is 0 Å². The molecule has 9 aliphatic carbocycles. The van der Waals surface area contributed by atoms with Crippen LogP contribution in [0.1, 0.15) is 199 Å². The van der Waals surface area contributed by atoms with Gasteiger partial charge in [-0.05, 0) is 200 Å². The first-order valence-electron chi connectivity index (χ1n) is 26.5. The molecule has 19 unspecified atom stereocenters. The molecule has 0 amide bonds. The molecule has 0 aromatic heterocycles. The highest BCUT2D eigenvalue weighted by molar-refractivity contribution is 8.00. The first-order valence-corrected chi connectivity index (χ1v) is 27.4. The molecule has 3 aliphatic heterocycles. The van der Waals surface area contributed by atoms with Crippen LogP contribution in [-0.4, -0.2) is 57.9 Å². The van der Waals surface area contributed by atoms with Gasteiger partial charge in [-0.3, -0.25) is 4.90 Å². The largest absolute Gasteiger partial charge is 0.374 e. The van der Waals surface area contributed by atoms with Gasteiger partial charge in [0.05, 0.1) is 24.4 Å². The highest BCUT2D eigenvalue weighted by Gasteiger charge is 2.60. The van der Waals surface area contributed by atoms with Crippen molar-refractivity contribution in [3.8, 4) is 0 Å². The minimum absolute atomic E-state index is 0.571. The number of hydrogen-bond acceptors (Lipinski definition) is 4. The Bertz CT molecular complexity index is 1350. The molecule has 3 heterocycles. The van der Waals surface area contributed by atoms with E-state index in [1.807, 2.05) is 0 Å². The predicted octanol–water partition coefficient (Wildman–Crippen LogP) is 13.0. The molecule has 4 heteroatoms. The van der Waals surface area contributed by atoms with E-state index in [0.29, 0.717) is 24.4 Å². The van der Waals surface area contributed by atoms with Crippen LogP contribution in [0.2, 0.25) is 0 Å². The van der Waals surface area contributed by atoms with E-state index in [2.05, 4.69) is 16.7 Å². The molecule has 3 saturated heterocycles. The van der Waals surface area contributed by atoms with Crippen molar-refractivity contribution >= 4 is 11.8 Å². The fourth-order valence-electron chi connectivity index (χ4n) is 19.1. The van der Waals surface area contributed by atoms with Crippen molar-refractivity contribution < 1.29 is 9.47 Å². The zero-order valence-electron chi connectivity index (χ0n) is 35.7. The molecular weight excluding hydrogens is 703 g/mol. The lowest BCUT2D eigenvalue weighted by molar-refractivity contribution is -0.0834. The molecule has 0 radical (unpaired) electrons. The molecule has 12 aliphatic rings. The predicted molar refractivity (Wildman–Crippen MR) is 231 cm³/mol. The van der Waals surface area contributed by atoms with Gasteiger partial charge in [-0.2, -0.15) is 11.8 Å². The molecular formula is C52H83NO2S. The van der Waals surface area contributed by atoms with Crippen molar-refractivity contribution in [1.29, 1.82) is 0 Å². The topological polar surface area (TPSA) is 21.7 Å². The third kappa shape index (κ3) is 6.81. The highest BCUT2D eigenvalue weighted by Crippen LogP contribution is 2.62. The molecule has 12 rings (SSSR count). The number of rotatable bonds is 5. The summed E-state index contributed by atoms with van der Waals surface area (Å²) in [6, 6.07) is 2.45. The van der Waals surface area contributed by atoms with E-state index in [0.717, 1.165) is 99.6 Å². The van der Waals surface area contributed by atoms with E-state index in [-0.39, 0.29) is 0 Å². The van der Waals surface area contributed by atoms with Crippen LogP contribution < -0.4 is 0 Å². The zero-order chi connectivity index (χ0) is 36.7. The van der Waals surface area contributed by atoms with Crippen LogP contribution in [-0.2, 0) is 9.47 Å². The van der Waals surface area contributed by atoms with Crippen LogP contribution in [0.3, 0.4) is 0 Å². The Labute approximate surface area is 347 Å². The second-order valence-electron chi connectivity index (χ2n) is 23.6. The molecule has 19 atom stereocenters. The van der Waals surface area contributed by atoms with Crippen LogP contribution in [0.4, 0.5) is 0 Å². The Balaban J connectivity index is 0.762. The SMILES string of the molecule is C1CCC2CC(C3CCC(N(C4CCCC(C5CCCC6C7CCC8SC9CCCCC9C8C7OC56)C4)C4CCC5C(C4)OC4CCCCC45)CC3)CCC2C1. The number of fused-ring (bicyclic) bond motifs is 11. The van der Waals surface area contributed by atoms with E-state index < -0.39 is 0 Å². The smallest absolute Gasteiger partial charge is 0.0652 e. The lowest BCUT2D eigenvalue weighted by Crippen LogP contribution is -2.55. The van der Waals surface area contributed by atoms with Gasteiger partial charge in [0.25, 0.3) is 0 Å². The monoisotopic (exact) mass is 786 g/mol. The van der Waals surface area contributed by atoms with Gasteiger partial charge in [-0.1, -0.05) is 64.2 Å². The van der Waals surface area contributed by atoms with Crippen molar-refractivity contribution in [3.05, 3.63) is 0 Å². The van der Waals surface area contributed by atoms with Gasteiger partial charge in [0.15, 0.2) is 0 Å². The Morgan fingerprint density at radius 1 is 0.321 bits per heavy atom. The van der Waals surface area contributed by atoms with Gasteiger partial charge >= 0.3 is 0 Å². The van der Waals surface area contributed by atoms with Crippen LogP contribution in [0.5, 0.6) is 0 Å². The average Bonchev–Trinajstić information content (AvgIpc) is 3.95. The molecule has 0 aromatic carbocycles. The quantitative estimate of drug-likeness (QED) is 0.277. The van der Waals surface area contributed by atoms with Crippen molar-refractivity contribution in [2.24, 2.45) is 71.0 Å². The molecule has 0 N–H and O–H groups in total. The first-order chi connectivity index (χ1) is 27.7. The summed E-state index contributed by atoms with van der Waals surface area (Å²) in [5.41, 5.74) is 0. The van der Waals surface area contributed by atoms with Gasteiger partial charge in [-0.25, -0.2) is 0 Å². The Morgan fingerprint density at radius 2 is 0.929 bits per heavy atom. The highest BCUT2D eigenvalue weighted by atomic mass is 32.2. The summed E-state index contributed by atoms with van der Waals surface area (Å²) < 4.78 is 14.8. The van der Waals surface area contributed by atoms with Gasteiger partial charge < -0.3 is 9.47 Å². The van der Waals surface area contributed by atoms with Gasteiger partial charge in [0, 0.05) is 34.5 Å². The number of ether oxygens (including phenoxy) is 2. The Hall–Kier alpha value is 0.230. The Kier molecular flexibility index (Phi) is 11.0. The summed E-state index contributed by atoms with van der Waals surface area (Å²) in [7, 11) is 0. The second kappa shape index (κ2) is 16.2. The standard InChI is InChI=1S/C52H83NO2S/c1-2-10-34-29-35(20-19-32(34)9-1)33-21-23-37(24-22-33)53(39-25-26-42-41-13-3-5-17-46(41)54-47(42)31-39)38-12-7-11-36(30-38)40-15-8-16-43-44-27-28-49-50(52(44)55-51(40)43)45-14-4-6-18-48(45)56-49/h32-52H,1-31H2. The van der Waals surface area contributed by atoms with Crippen molar-refractivity contribution in [3.63, 3.8) is 0 Å². The molecule has 0 bridgehead atoms. The normalized spacial score (nSPS) is 55.6. The van der Waals surface area contributed by atoms with E-state index in [1.54, 1.807) is 44.9 Å². The molecule has 0 spiro atoms. The summed E-state index contributed by atoms with van der Waals surface area (Å²) in [5.74, 6) is 11.5. The number of hydrogen-bond donors (Lipinski definition) is 0. The molecule has 56 heavy (non-hydrogen) atoms. The van der Waals surface area contributed by atoms with Gasteiger partial charge in [0.2, 0.25) is 0 Å². The van der Waals surface area contributed by atoms with Crippen molar-refractivity contribution in [2.75, 3.05) is 0 Å². The lowest BCUT2D eigenvalue weighted by atomic mass is 9.62. The van der Waals surface area contributed by atoms with Gasteiger partial charge in [-0.15, -0.1) is 0 Å². The molecule has 314 valence electrons. The van der Waals surface area contributed by atoms with Crippen molar-refractivity contribution in [2.45, 2.75) is 252 Å². The van der Waals surface area contributed by atoms with Gasteiger partial charge in [0.1, 0.15) is 0 Å². The minimum Gasteiger partial charge on any atom is -0.374 e. The molecule has 0 aromatic rings. The van der Waals surface area contributed by atoms with Crippen LogP contribution in [0, 0.1) is 71.0 Å². The third-order valence-electron chi connectivity index (χ3n) is 21.4. The van der Waals surface area contributed by atoms with Crippen molar-refractivity contribution in [1.82, 2.24) is 4.90 Å². The summed E-state index contributed by atoms with van der Waals surface area (Å²) in [6.45, 7) is 0. The van der Waals surface area contributed by atoms with E-state index in [4.69, 9.17) is 9.47 Å². The fraction of sp³-hybridized carbons (Fsp3) is 1.00. The first kappa shape index (κ1) is 37.9. The van der Waals surface area contributed by atoms with E-state index in [9.17, 15) is 0 Å². The maximum Gasteiger partial charge on any atom is 0.0652 e. The minimum atomic E-state index is 0.571. The summed E-state index contributed by atoms with van der Waals surface area (Å²) in [4.78, 5) is 3.35. The fourth-order valence-corrected chi connectivity index (χ4v) is 21.2. The van der Waals surface area contributed by atoms with E-state index in [1.165, 1.54) is 154 Å². The maximum atomic E-state index is 7.68. The van der Waals surface area contributed by atoms with Crippen LogP contribution >= 0.6 is 11.8 Å². The maximum absolute atomic E-state index is 7.68. The lowest BCUT2D eigenvalue weighted by Gasteiger charge is -2.52. The van der Waals surface area contributed by atoms with Crippen LogP contribution in [0.25, 0.3) is 0 Å². The average molecular weight is 786 g/mol. The number of thioether (sulfide) groups is 1. The number of nitrogens with zero attached hydrogens (tertiary/aromatic N) is 1. The van der Waals surface area contributed by atoms with E-state index >= 15 is 0 Å². The Morgan fingerprint density at radius 3 is 1.86 bits per heavy atom. The molecule has 3 nitrogen and oxygen atoms in total. The third-order valence-corrected chi connectivity index (χ3v) is 23.2. The summed E-state index contributed by atoms with van der Waals surface area (Å²) >= 11 is 2.45. The zero-order valence-corrected chi connectivity index (χ0v) is 36.5. The molecule has 9 saturated carbocycles. The summed E-state index contributed by atoms with van der Waals surface area (Å²) in [6.07, 6.45) is 48.9. The summed E-state index contributed by atoms with van der Waals surface area (Å²) in [5, 5.41) is 1.90. The molecule has 12 fully saturated rings.